The van der Waals surface area contributed by atoms with Crippen LogP contribution in [0.3, 0.4) is 0 Å². The van der Waals surface area contributed by atoms with E-state index < -0.39 is 0 Å². The van der Waals surface area contributed by atoms with E-state index in [4.69, 9.17) is 9.15 Å². The summed E-state index contributed by atoms with van der Waals surface area (Å²) < 4.78 is 11.9. The van der Waals surface area contributed by atoms with Crippen LogP contribution in [0, 0.1) is 6.92 Å². The molecule has 4 rings (SSSR count). The minimum atomic E-state index is 0.489. The topological polar surface area (TPSA) is 85.1 Å². The largest absolute Gasteiger partial charge is 0.489 e. The summed E-state index contributed by atoms with van der Waals surface area (Å²) >= 11 is 0. The smallest absolute Gasteiger partial charge is 0.226 e. The third kappa shape index (κ3) is 6.32. The van der Waals surface area contributed by atoms with E-state index in [-0.39, 0.29) is 0 Å². The Bertz CT molecular complexity index is 1140. The van der Waals surface area contributed by atoms with E-state index in [2.05, 4.69) is 32.5 Å². The van der Waals surface area contributed by atoms with E-state index in [1.54, 1.807) is 6.20 Å². The van der Waals surface area contributed by atoms with Gasteiger partial charge in [-0.1, -0.05) is 43.7 Å². The van der Waals surface area contributed by atoms with Gasteiger partial charge in [0, 0.05) is 18.3 Å². The molecule has 170 valence electrons. The van der Waals surface area contributed by atoms with Crippen LogP contribution in [0.25, 0.3) is 11.5 Å². The highest BCUT2D eigenvalue weighted by Gasteiger charge is 2.12. The maximum absolute atomic E-state index is 6.03. The maximum Gasteiger partial charge on any atom is 0.226 e. The van der Waals surface area contributed by atoms with Gasteiger partial charge in [-0.2, -0.15) is 4.98 Å². The minimum absolute atomic E-state index is 0.489. The molecule has 0 aliphatic rings. The van der Waals surface area contributed by atoms with Crippen molar-refractivity contribution >= 4 is 11.8 Å². The van der Waals surface area contributed by atoms with Gasteiger partial charge in [-0.05, 0) is 49.2 Å². The predicted octanol–water partition coefficient (Wildman–Crippen LogP) is 5.84. The molecule has 7 nitrogen and oxygen atoms in total. The molecule has 2 aromatic heterocycles. The summed E-state index contributed by atoms with van der Waals surface area (Å²) in [5.41, 5.74) is 2.88. The van der Waals surface area contributed by atoms with E-state index >= 15 is 0 Å². The Morgan fingerprint density at radius 2 is 1.76 bits per heavy atom. The van der Waals surface area contributed by atoms with E-state index in [0.29, 0.717) is 25.0 Å². The van der Waals surface area contributed by atoms with E-state index in [0.717, 1.165) is 53.5 Å². The number of rotatable bonds is 11. The summed E-state index contributed by atoms with van der Waals surface area (Å²) in [6.07, 6.45) is 3.95. The van der Waals surface area contributed by atoms with Crippen LogP contribution in [-0.4, -0.2) is 21.5 Å². The van der Waals surface area contributed by atoms with Crippen LogP contribution in [0.1, 0.15) is 36.8 Å². The van der Waals surface area contributed by atoms with Crippen LogP contribution in [-0.2, 0) is 13.2 Å². The zero-order chi connectivity index (χ0) is 22.9. The molecule has 0 aliphatic heterocycles. The van der Waals surface area contributed by atoms with Gasteiger partial charge in [0.15, 0.2) is 0 Å². The second-order valence-electron chi connectivity index (χ2n) is 7.73. The molecule has 0 aliphatic carbocycles. The van der Waals surface area contributed by atoms with E-state index in [1.807, 2.05) is 67.6 Å². The molecule has 2 N–H and O–H groups in total. The molecule has 0 atom stereocenters. The summed E-state index contributed by atoms with van der Waals surface area (Å²) in [4.78, 5) is 13.3. The summed E-state index contributed by atoms with van der Waals surface area (Å²) in [5, 5.41) is 6.53. The highest BCUT2D eigenvalue weighted by atomic mass is 16.5. The quantitative estimate of drug-likeness (QED) is 0.282. The first kappa shape index (κ1) is 22.3. The normalized spacial score (nSPS) is 10.7. The SMILES string of the molecule is CCCCNc1nccc(NCc2oc(-c3ccc(OCc4ccccc4)cc3)nc2C)n1. The first-order chi connectivity index (χ1) is 16.2. The molecule has 0 amide bonds. The van der Waals surface area contributed by atoms with Crippen molar-refractivity contribution in [3.63, 3.8) is 0 Å². The predicted molar refractivity (Wildman–Crippen MR) is 130 cm³/mol. The molecule has 33 heavy (non-hydrogen) atoms. The van der Waals surface area contributed by atoms with Crippen molar-refractivity contribution in [3.05, 3.63) is 83.9 Å². The molecule has 0 unspecified atom stereocenters. The average Bonchev–Trinajstić information content (AvgIpc) is 3.23. The molecule has 0 saturated heterocycles. The lowest BCUT2D eigenvalue weighted by Crippen LogP contribution is -2.07. The van der Waals surface area contributed by atoms with Crippen molar-refractivity contribution < 1.29 is 9.15 Å². The maximum atomic E-state index is 6.03. The van der Waals surface area contributed by atoms with Crippen molar-refractivity contribution in [1.82, 2.24) is 15.0 Å². The number of ether oxygens (including phenoxy) is 1. The van der Waals surface area contributed by atoms with Gasteiger partial charge in [0.05, 0.1) is 12.2 Å². The van der Waals surface area contributed by atoms with Crippen LogP contribution in [0.2, 0.25) is 0 Å². The molecule has 0 fully saturated rings. The van der Waals surface area contributed by atoms with E-state index in [9.17, 15) is 0 Å². The van der Waals surface area contributed by atoms with Gasteiger partial charge in [0.25, 0.3) is 0 Å². The number of benzene rings is 2. The zero-order valence-corrected chi connectivity index (χ0v) is 19.0. The molecule has 2 aromatic carbocycles. The fourth-order valence-corrected chi connectivity index (χ4v) is 3.24. The van der Waals surface area contributed by atoms with Gasteiger partial charge in [0.2, 0.25) is 11.8 Å². The van der Waals surface area contributed by atoms with Crippen LogP contribution in [0.4, 0.5) is 11.8 Å². The third-order valence-electron chi connectivity index (χ3n) is 5.14. The van der Waals surface area contributed by atoms with Crippen molar-refractivity contribution in [3.8, 4) is 17.2 Å². The number of hydrogen-bond donors (Lipinski definition) is 2. The summed E-state index contributed by atoms with van der Waals surface area (Å²) in [5.74, 6) is 3.52. The van der Waals surface area contributed by atoms with Crippen LogP contribution >= 0.6 is 0 Å². The van der Waals surface area contributed by atoms with E-state index in [1.165, 1.54) is 0 Å². The standard InChI is InChI=1S/C26H29N5O2/c1-3-4-15-27-26-28-16-14-24(31-26)29-17-23-19(2)30-25(33-23)21-10-12-22(13-11-21)32-18-20-8-6-5-7-9-20/h5-14,16H,3-4,15,17-18H2,1-2H3,(H2,27,28,29,31). The third-order valence-corrected chi connectivity index (χ3v) is 5.14. The molecule has 7 heteroatoms. The average molecular weight is 444 g/mol. The molecule has 0 radical (unpaired) electrons. The second-order valence-corrected chi connectivity index (χ2v) is 7.73. The van der Waals surface area contributed by atoms with Gasteiger partial charge in [-0.3, -0.25) is 0 Å². The Labute approximate surface area is 194 Å². The van der Waals surface area contributed by atoms with Crippen molar-refractivity contribution in [2.24, 2.45) is 0 Å². The summed E-state index contributed by atoms with van der Waals surface area (Å²) in [6.45, 7) is 5.98. The van der Waals surface area contributed by atoms with Gasteiger partial charge >= 0.3 is 0 Å². The molecule has 0 spiro atoms. The second kappa shape index (κ2) is 11.1. The Morgan fingerprint density at radius 1 is 0.939 bits per heavy atom. The zero-order valence-electron chi connectivity index (χ0n) is 19.0. The fourth-order valence-electron chi connectivity index (χ4n) is 3.24. The number of aromatic nitrogens is 3. The number of hydrogen-bond acceptors (Lipinski definition) is 7. The molecular weight excluding hydrogens is 414 g/mol. The molecular formula is C26H29N5O2. The Balaban J connectivity index is 1.35. The van der Waals surface area contributed by atoms with Gasteiger partial charge in [-0.15, -0.1) is 0 Å². The Morgan fingerprint density at radius 3 is 2.55 bits per heavy atom. The van der Waals surface area contributed by atoms with Crippen LogP contribution < -0.4 is 15.4 Å². The first-order valence-electron chi connectivity index (χ1n) is 11.3. The monoisotopic (exact) mass is 443 g/mol. The van der Waals surface area contributed by atoms with Crippen LogP contribution in [0.15, 0.2) is 71.3 Å². The van der Waals surface area contributed by atoms with Crippen molar-refractivity contribution in [2.75, 3.05) is 17.2 Å². The Kier molecular flexibility index (Phi) is 7.53. The van der Waals surface area contributed by atoms with Crippen molar-refractivity contribution in [2.45, 2.75) is 39.8 Å². The number of nitrogens with zero attached hydrogens (tertiary/aromatic N) is 3. The first-order valence-corrected chi connectivity index (χ1v) is 11.3. The highest BCUT2D eigenvalue weighted by molar-refractivity contribution is 5.55. The lowest BCUT2D eigenvalue weighted by molar-refractivity contribution is 0.306. The Hall–Kier alpha value is -3.87. The lowest BCUT2D eigenvalue weighted by Gasteiger charge is -2.07. The number of unbranched alkanes of at least 4 members (excludes halogenated alkanes) is 1. The molecule has 4 aromatic rings. The summed E-state index contributed by atoms with van der Waals surface area (Å²) in [6, 6.07) is 19.7. The minimum Gasteiger partial charge on any atom is -0.489 e. The molecule has 0 bridgehead atoms. The summed E-state index contributed by atoms with van der Waals surface area (Å²) in [7, 11) is 0. The molecule has 0 saturated carbocycles. The van der Waals surface area contributed by atoms with Crippen molar-refractivity contribution in [1.29, 1.82) is 0 Å². The highest BCUT2D eigenvalue weighted by Crippen LogP contribution is 2.25. The number of oxazole rings is 1. The van der Waals surface area contributed by atoms with Crippen LogP contribution in [0.5, 0.6) is 5.75 Å². The lowest BCUT2D eigenvalue weighted by atomic mass is 10.2. The fraction of sp³-hybridized carbons (Fsp3) is 0.269. The number of nitrogens with one attached hydrogen (secondary N) is 2. The number of anilines is 2. The van der Waals surface area contributed by atoms with Gasteiger partial charge in [-0.25, -0.2) is 9.97 Å². The molecule has 2 heterocycles. The number of aryl methyl sites for hydroxylation is 1. The van der Waals surface area contributed by atoms with Gasteiger partial charge in [0.1, 0.15) is 23.9 Å². The van der Waals surface area contributed by atoms with Gasteiger partial charge < -0.3 is 19.8 Å².